The van der Waals surface area contributed by atoms with Gasteiger partial charge in [0.15, 0.2) is 0 Å². The number of nitrogens with zero attached hydrogens (tertiary/aromatic N) is 5. The number of amides is 2. The number of hydrogen-bond acceptors (Lipinski definition) is 5. The summed E-state index contributed by atoms with van der Waals surface area (Å²) in [6.07, 6.45) is 6.30. The second-order valence-electron chi connectivity index (χ2n) is 9.56. The summed E-state index contributed by atoms with van der Waals surface area (Å²) in [6, 6.07) is 7.54. The summed E-state index contributed by atoms with van der Waals surface area (Å²) in [5.41, 5.74) is 3.51. The smallest absolute Gasteiger partial charge is 0.317 e. The van der Waals surface area contributed by atoms with E-state index in [1.807, 2.05) is 42.4 Å². The van der Waals surface area contributed by atoms with Crippen molar-refractivity contribution in [3.63, 3.8) is 0 Å². The normalized spacial score (nSPS) is 16.2. The van der Waals surface area contributed by atoms with Gasteiger partial charge < -0.3 is 15.5 Å². The summed E-state index contributed by atoms with van der Waals surface area (Å²) >= 11 is 6.54. The molecule has 0 aliphatic carbocycles. The number of anilines is 2. The fourth-order valence-electron chi connectivity index (χ4n) is 3.98. The topological polar surface area (TPSA) is 88.0 Å². The molecule has 3 heterocycles. The van der Waals surface area contributed by atoms with Gasteiger partial charge >= 0.3 is 6.03 Å². The lowest BCUT2D eigenvalue weighted by atomic mass is 9.80. The second-order valence-corrected chi connectivity index (χ2v) is 9.96. The Morgan fingerprint density at radius 3 is 2.76 bits per heavy atom. The summed E-state index contributed by atoms with van der Waals surface area (Å²) in [5.74, 6) is 1.00. The highest BCUT2D eigenvalue weighted by molar-refractivity contribution is 6.31. The Morgan fingerprint density at radius 2 is 2.09 bits per heavy atom. The molecule has 1 atom stereocenters. The van der Waals surface area contributed by atoms with Crippen molar-refractivity contribution in [2.45, 2.75) is 33.7 Å². The summed E-state index contributed by atoms with van der Waals surface area (Å²) in [6.45, 7) is 8.67. The minimum absolute atomic E-state index is 0.0381. The van der Waals surface area contributed by atoms with Gasteiger partial charge in [-0.15, -0.1) is 0 Å². The first-order chi connectivity index (χ1) is 15.7. The quantitative estimate of drug-likeness (QED) is 0.559. The fraction of sp³-hybridized carbons (Fsp3) is 0.417. The van der Waals surface area contributed by atoms with Crippen molar-refractivity contribution >= 4 is 29.3 Å². The average Bonchev–Trinajstić information content (AvgIpc) is 3.42. The fourth-order valence-corrected chi connectivity index (χ4v) is 4.23. The lowest BCUT2D eigenvalue weighted by Crippen LogP contribution is -2.39. The SMILES string of the molecule is Cn1cc(Nc2nccc(-c3ccc(CNC(=O)N4CCC(C(C)(C)C)C4)c(Cl)c3)n2)cn1. The molecule has 3 aromatic rings. The van der Waals surface area contributed by atoms with Gasteiger partial charge in [-0.3, -0.25) is 4.68 Å². The first-order valence-electron chi connectivity index (χ1n) is 11.1. The maximum absolute atomic E-state index is 12.6. The number of urea groups is 1. The van der Waals surface area contributed by atoms with Crippen LogP contribution < -0.4 is 10.6 Å². The van der Waals surface area contributed by atoms with Crippen LogP contribution in [0.4, 0.5) is 16.4 Å². The lowest BCUT2D eigenvalue weighted by molar-refractivity contribution is 0.196. The highest BCUT2D eigenvalue weighted by Crippen LogP contribution is 2.33. The zero-order valence-corrected chi connectivity index (χ0v) is 20.2. The number of rotatable bonds is 5. The molecule has 0 bridgehead atoms. The number of nitrogens with one attached hydrogen (secondary N) is 2. The Bertz CT molecular complexity index is 1140. The van der Waals surface area contributed by atoms with E-state index in [0.29, 0.717) is 23.4 Å². The van der Waals surface area contributed by atoms with Crippen LogP contribution in [0.3, 0.4) is 0 Å². The van der Waals surface area contributed by atoms with Crippen LogP contribution in [0.15, 0.2) is 42.9 Å². The average molecular weight is 468 g/mol. The van der Waals surface area contributed by atoms with E-state index in [9.17, 15) is 4.79 Å². The molecular formula is C24H30ClN7O. The first kappa shape index (κ1) is 23.0. The highest BCUT2D eigenvalue weighted by atomic mass is 35.5. The van der Waals surface area contributed by atoms with E-state index in [2.05, 4.69) is 46.5 Å². The van der Waals surface area contributed by atoms with E-state index in [0.717, 1.165) is 42.0 Å². The van der Waals surface area contributed by atoms with Crippen molar-refractivity contribution in [2.75, 3.05) is 18.4 Å². The van der Waals surface area contributed by atoms with E-state index in [1.165, 1.54) is 0 Å². The van der Waals surface area contributed by atoms with Gasteiger partial charge in [-0.25, -0.2) is 14.8 Å². The van der Waals surface area contributed by atoms with Crippen molar-refractivity contribution in [1.82, 2.24) is 30.0 Å². The molecule has 8 nitrogen and oxygen atoms in total. The summed E-state index contributed by atoms with van der Waals surface area (Å²) in [4.78, 5) is 23.4. The second kappa shape index (κ2) is 9.39. The van der Waals surface area contributed by atoms with Crippen LogP contribution in [0.2, 0.25) is 5.02 Å². The van der Waals surface area contributed by atoms with Crippen molar-refractivity contribution in [3.05, 3.63) is 53.4 Å². The Morgan fingerprint density at radius 1 is 1.27 bits per heavy atom. The zero-order chi connectivity index (χ0) is 23.6. The molecule has 1 unspecified atom stereocenters. The van der Waals surface area contributed by atoms with Gasteiger partial charge in [-0.05, 0) is 35.4 Å². The monoisotopic (exact) mass is 467 g/mol. The Kier molecular flexibility index (Phi) is 6.56. The zero-order valence-electron chi connectivity index (χ0n) is 19.5. The number of aromatic nitrogens is 4. The van der Waals surface area contributed by atoms with Crippen molar-refractivity contribution in [1.29, 1.82) is 0 Å². The number of carbonyl (C=O) groups excluding carboxylic acids is 1. The third-order valence-corrected chi connectivity index (χ3v) is 6.45. The predicted molar refractivity (Wildman–Crippen MR) is 130 cm³/mol. The molecule has 0 saturated carbocycles. The van der Waals surface area contributed by atoms with Crippen LogP contribution in [0, 0.1) is 11.3 Å². The van der Waals surface area contributed by atoms with Crippen LogP contribution in [0.1, 0.15) is 32.8 Å². The van der Waals surface area contributed by atoms with Gasteiger partial charge in [0.1, 0.15) is 0 Å². The van der Waals surface area contributed by atoms with E-state index >= 15 is 0 Å². The van der Waals surface area contributed by atoms with Gasteiger partial charge in [0.05, 0.1) is 17.6 Å². The van der Waals surface area contributed by atoms with Crippen molar-refractivity contribution in [2.24, 2.45) is 18.4 Å². The van der Waals surface area contributed by atoms with Crippen LogP contribution in [0.25, 0.3) is 11.3 Å². The maximum atomic E-state index is 12.6. The van der Waals surface area contributed by atoms with Crippen LogP contribution in [-0.4, -0.2) is 43.8 Å². The lowest BCUT2D eigenvalue weighted by Gasteiger charge is -2.27. The minimum atomic E-state index is -0.0381. The van der Waals surface area contributed by atoms with Gasteiger partial charge in [0.2, 0.25) is 5.95 Å². The van der Waals surface area contributed by atoms with E-state index in [1.54, 1.807) is 17.1 Å². The number of benzene rings is 1. The molecule has 0 radical (unpaired) electrons. The standard InChI is InChI=1S/C24H30ClN7O/c1-24(2,3)18-8-10-32(14-18)23(33)27-12-17-6-5-16(11-20(17)25)21-7-9-26-22(30-21)29-19-13-28-31(4)15-19/h5-7,9,11,13,15,18H,8,10,12,14H2,1-4H3,(H,27,33)(H,26,29,30). The highest BCUT2D eigenvalue weighted by Gasteiger charge is 2.33. The number of likely N-dealkylation sites (tertiary alicyclic amines) is 1. The third-order valence-electron chi connectivity index (χ3n) is 6.10. The molecule has 2 N–H and O–H groups in total. The third kappa shape index (κ3) is 5.63. The summed E-state index contributed by atoms with van der Waals surface area (Å²) < 4.78 is 1.70. The maximum Gasteiger partial charge on any atom is 0.317 e. The van der Waals surface area contributed by atoms with Gasteiger partial charge in [-0.1, -0.05) is 44.5 Å². The largest absolute Gasteiger partial charge is 0.334 e. The Labute approximate surface area is 199 Å². The molecule has 174 valence electrons. The Hall–Kier alpha value is -3.13. The molecule has 4 rings (SSSR count). The van der Waals surface area contributed by atoms with Crippen molar-refractivity contribution < 1.29 is 4.79 Å². The first-order valence-corrected chi connectivity index (χ1v) is 11.5. The number of halogens is 1. The van der Waals surface area contributed by atoms with Crippen LogP contribution >= 0.6 is 11.6 Å². The molecule has 2 amide bonds. The molecule has 1 saturated heterocycles. The molecule has 1 aliphatic heterocycles. The van der Waals surface area contributed by atoms with E-state index in [-0.39, 0.29) is 11.4 Å². The van der Waals surface area contributed by atoms with Gasteiger partial charge in [0.25, 0.3) is 0 Å². The molecule has 33 heavy (non-hydrogen) atoms. The summed E-state index contributed by atoms with van der Waals surface area (Å²) in [5, 5.41) is 10.9. The minimum Gasteiger partial charge on any atom is -0.334 e. The molecule has 9 heteroatoms. The molecule has 0 spiro atoms. The summed E-state index contributed by atoms with van der Waals surface area (Å²) in [7, 11) is 1.85. The number of aryl methyl sites for hydroxylation is 1. The number of carbonyl (C=O) groups is 1. The van der Waals surface area contributed by atoms with Gasteiger partial charge in [0, 0.05) is 49.7 Å². The van der Waals surface area contributed by atoms with Crippen molar-refractivity contribution in [3.8, 4) is 11.3 Å². The Balaban J connectivity index is 1.38. The molecule has 1 fully saturated rings. The predicted octanol–water partition coefficient (Wildman–Crippen LogP) is 4.85. The van der Waals surface area contributed by atoms with Crippen LogP contribution in [-0.2, 0) is 13.6 Å². The molecule has 2 aromatic heterocycles. The molecular weight excluding hydrogens is 438 g/mol. The van der Waals surface area contributed by atoms with Crippen LogP contribution in [0.5, 0.6) is 0 Å². The van der Waals surface area contributed by atoms with Gasteiger partial charge in [-0.2, -0.15) is 5.10 Å². The van der Waals surface area contributed by atoms with E-state index in [4.69, 9.17) is 11.6 Å². The van der Waals surface area contributed by atoms with E-state index < -0.39 is 0 Å². The molecule has 1 aliphatic rings. The molecule has 1 aromatic carbocycles. The number of hydrogen-bond donors (Lipinski definition) is 2.